The van der Waals surface area contributed by atoms with Gasteiger partial charge in [0.05, 0.1) is 6.04 Å². The van der Waals surface area contributed by atoms with Crippen molar-refractivity contribution in [3.8, 4) is 0 Å². The topological polar surface area (TPSA) is 68.0 Å². The number of hydrogen-bond donors (Lipinski definition) is 2. The zero-order valence-electron chi connectivity index (χ0n) is 10.6. The fraction of sp³-hybridized carbons (Fsp3) is 0.200. The fourth-order valence-electron chi connectivity index (χ4n) is 1.75. The van der Waals surface area contributed by atoms with Gasteiger partial charge >= 0.3 is 0 Å². The van der Waals surface area contributed by atoms with Crippen molar-refractivity contribution in [2.45, 2.75) is 18.9 Å². The largest absolute Gasteiger partial charge is 0.320 e. The summed E-state index contributed by atoms with van der Waals surface area (Å²) in [6.45, 7) is 0. The van der Waals surface area contributed by atoms with E-state index in [4.69, 9.17) is 5.73 Å². The minimum atomic E-state index is -0.526. The lowest BCUT2D eigenvalue weighted by Gasteiger charge is -2.11. The maximum Gasteiger partial charge on any atom is 0.242 e. The van der Waals surface area contributed by atoms with E-state index in [0.717, 1.165) is 6.42 Å². The third kappa shape index (κ3) is 4.19. The monoisotopic (exact) mass is 255 g/mol. The Morgan fingerprint density at radius 1 is 1.16 bits per heavy atom. The molecule has 0 unspecified atom stereocenters. The highest BCUT2D eigenvalue weighted by Gasteiger charge is 2.13. The lowest BCUT2D eigenvalue weighted by molar-refractivity contribution is -0.117. The lowest BCUT2D eigenvalue weighted by atomic mass is 10.1. The molecule has 0 aliphatic carbocycles. The Morgan fingerprint density at radius 3 is 2.58 bits per heavy atom. The number of hydrogen-bond acceptors (Lipinski definition) is 3. The van der Waals surface area contributed by atoms with Crippen LogP contribution in [0.4, 0.5) is 5.82 Å². The molecule has 19 heavy (non-hydrogen) atoms. The van der Waals surface area contributed by atoms with E-state index in [1.54, 1.807) is 18.3 Å². The van der Waals surface area contributed by atoms with Crippen LogP contribution in [0, 0.1) is 0 Å². The van der Waals surface area contributed by atoms with Crippen LogP contribution < -0.4 is 11.1 Å². The Labute approximate surface area is 112 Å². The minimum absolute atomic E-state index is 0.199. The van der Waals surface area contributed by atoms with Crippen molar-refractivity contribution in [2.75, 3.05) is 5.32 Å². The summed E-state index contributed by atoms with van der Waals surface area (Å²) in [5.41, 5.74) is 7.06. The number of pyridine rings is 1. The van der Waals surface area contributed by atoms with Crippen LogP contribution in [-0.4, -0.2) is 16.9 Å². The molecule has 1 aromatic carbocycles. The van der Waals surface area contributed by atoms with Gasteiger partial charge in [-0.1, -0.05) is 36.4 Å². The van der Waals surface area contributed by atoms with E-state index in [1.807, 2.05) is 36.4 Å². The molecule has 1 aromatic heterocycles. The zero-order valence-corrected chi connectivity index (χ0v) is 10.6. The smallest absolute Gasteiger partial charge is 0.242 e. The summed E-state index contributed by atoms with van der Waals surface area (Å²) in [7, 11) is 0. The number of rotatable bonds is 5. The van der Waals surface area contributed by atoms with Crippen LogP contribution in [0.5, 0.6) is 0 Å². The number of benzene rings is 1. The summed E-state index contributed by atoms with van der Waals surface area (Å²) in [5, 5.41) is 2.70. The molecule has 4 heteroatoms. The first-order valence-electron chi connectivity index (χ1n) is 6.27. The van der Waals surface area contributed by atoms with Crippen LogP contribution in [0.25, 0.3) is 0 Å². The molecule has 1 atom stereocenters. The molecule has 98 valence electrons. The standard InChI is InChI=1S/C15H17N3O/c16-13(10-9-12-6-2-1-3-7-12)15(19)18-14-8-4-5-11-17-14/h1-8,11,13H,9-10,16H2,(H,17,18,19)/t13-/m0/s1. The van der Waals surface area contributed by atoms with Crippen LogP contribution in [0.2, 0.25) is 0 Å². The molecule has 4 nitrogen and oxygen atoms in total. The highest BCUT2D eigenvalue weighted by atomic mass is 16.2. The van der Waals surface area contributed by atoms with Gasteiger partial charge in [-0.15, -0.1) is 0 Å². The number of carbonyl (C=O) groups excluding carboxylic acids is 1. The first-order valence-corrected chi connectivity index (χ1v) is 6.27. The summed E-state index contributed by atoms with van der Waals surface area (Å²) >= 11 is 0. The molecule has 0 aliphatic rings. The number of carbonyl (C=O) groups is 1. The molecular weight excluding hydrogens is 238 g/mol. The fourth-order valence-corrected chi connectivity index (χ4v) is 1.75. The Hall–Kier alpha value is -2.20. The maximum atomic E-state index is 11.9. The van der Waals surface area contributed by atoms with Gasteiger partial charge in [0.1, 0.15) is 5.82 Å². The molecule has 2 aromatic rings. The summed E-state index contributed by atoms with van der Waals surface area (Å²) in [6, 6.07) is 14.8. The molecule has 0 saturated heterocycles. The first-order chi connectivity index (χ1) is 9.25. The number of nitrogens with zero attached hydrogens (tertiary/aromatic N) is 1. The third-order valence-corrected chi connectivity index (χ3v) is 2.84. The number of aryl methyl sites for hydroxylation is 1. The van der Waals surface area contributed by atoms with E-state index < -0.39 is 6.04 Å². The van der Waals surface area contributed by atoms with Crippen LogP contribution in [0.1, 0.15) is 12.0 Å². The van der Waals surface area contributed by atoms with Crippen LogP contribution >= 0.6 is 0 Å². The summed E-state index contributed by atoms with van der Waals surface area (Å²) < 4.78 is 0. The molecule has 3 N–H and O–H groups in total. The quantitative estimate of drug-likeness (QED) is 0.858. The van der Waals surface area contributed by atoms with E-state index >= 15 is 0 Å². The van der Waals surface area contributed by atoms with E-state index in [1.165, 1.54) is 5.56 Å². The highest BCUT2D eigenvalue weighted by molar-refractivity contribution is 5.93. The van der Waals surface area contributed by atoms with E-state index in [-0.39, 0.29) is 5.91 Å². The summed E-state index contributed by atoms with van der Waals surface area (Å²) in [6.07, 6.45) is 3.03. The van der Waals surface area contributed by atoms with E-state index in [9.17, 15) is 4.79 Å². The second-order valence-corrected chi connectivity index (χ2v) is 4.33. The van der Waals surface area contributed by atoms with Crippen LogP contribution in [0.15, 0.2) is 54.7 Å². The van der Waals surface area contributed by atoms with Gasteiger partial charge in [0.2, 0.25) is 5.91 Å². The number of nitrogens with two attached hydrogens (primary N) is 1. The van der Waals surface area contributed by atoms with Gasteiger partial charge in [0.25, 0.3) is 0 Å². The van der Waals surface area contributed by atoms with E-state index in [0.29, 0.717) is 12.2 Å². The van der Waals surface area contributed by atoms with Crippen molar-refractivity contribution >= 4 is 11.7 Å². The van der Waals surface area contributed by atoms with Gasteiger partial charge < -0.3 is 11.1 Å². The maximum absolute atomic E-state index is 11.9. The van der Waals surface area contributed by atoms with Crippen molar-refractivity contribution in [3.05, 3.63) is 60.3 Å². The normalized spacial score (nSPS) is 11.8. The minimum Gasteiger partial charge on any atom is -0.320 e. The molecule has 1 heterocycles. The van der Waals surface area contributed by atoms with Crippen LogP contribution in [0.3, 0.4) is 0 Å². The van der Waals surface area contributed by atoms with Crippen LogP contribution in [-0.2, 0) is 11.2 Å². The SMILES string of the molecule is N[C@@H](CCc1ccccc1)C(=O)Nc1ccccn1. The predicted molar refractivity (Wildman–Crippen MR) is 75.6 cm³/mol. The third-order valence-electron chi connectivity index (χ3n) is 2.84. The number of anilines is 1. The molecule has 0 aliphatic heterocycles. The number of aromatic nitrogens is 1. The average Bonchev–Trinajstić information content (AvgIpc) is 2.47. The Morgan fingerprint density at radius 2 is 1.89 bits per heavy atom. The molecule has 0 bridgehead atoms. The lowest BCUT2D eigenvalue weighted by Crippen LogP contribution is -2.36. The Kier molecular flexibility index (Phi) is 4.64. The van der Waals surface area contributed by atoms with E-state index in [2.05, 4.69) is 10.3 Å². The summed E-state index contributed by atoms with van der Waals surface area (Å²) in [4.78, 5) is 15.9. The van der Waals surface area contributed by atoms with Gasteiger partial charge in [0.15, 0.2) is 0 Å². The molecule has 0 radical (unpaired) electrons. The van der Waals surface area contributed by atoms with Gasteiger partial charge in [0, 0.05) is 6.20 Å². The average molecular weight is 255 g/mol. The molecule has 0 saturated carbocycles. The second-order valence-electron chi connectivity index (χ2n) is 4.33. The molecular formula is C15H17N3O. The summed E-state index contributed by atoms with van der Waals surface area (Å²) in [5.74, 6) is 0.331. The molecule has 0 spiro atoms. The molecule has 0 fully saturated rings. The van der Waals surface area contributed by atoms with Gasteiger partial charge in [-0.3, -0.25) is 4.79 Å². The van der Waals surface area contributed by atoms with Crippen molar-refractivity contribution in [3.63, 3.8) is 0 Å². The van der Waals surface area contributed by atoms with Gasteiger partial charge in [-0.05, 0) is 30.5 Å². The van der Waals surface area contributed by atoms with Crippen molar-refractivity contribution in [1.29, 1.82) is 0 Å². The Balaban J connectivity index is 1.83. The predicted octanol–water partition coefficient (Wildman–Crippen LogP) is 1.98. The number of nitrogens with one attached hydrogen (secondary N) is 1. The van der Waals surface area contributed by atoms with Crippen molar-refractivity contribution in [1.82, 2.24) is 4.98 Å². The zero-order chi connectivity index (χ0) is 13.5. The molecule has 1 amide bonds. The van der Waals surface area contributed by atoms with Crippen molar-refractivity contribution in [2.24, 2.45) is 5.73 Å². The molecule has 2 rings (SSSR count). The number of amides is 1. The van der Waals surface area contributed by atoms with Gasteiger partial charge in [-0.25, -0.2) is 4.98 Å². The van der Waals surface area contributed by atoms with Crippen molar-refractivity contribution < 1.29 is 4.79 Å². The highest BCUT2D eigenvalue weighted by Crippen LogP contribution is 2.06. The van der Waals surface area contributed by atoms with Gasteiger partial charge in [-0.2, -0.15) is 0 Å². The first kappa shape index (κ1) is 13.2. The Bertz CT molecular complexity index is 513. The second kappa shape index (κ2) is 6.66.